The summed E-state index contributed by atoms with van der Waals surface area (Å²) >= 11 is 0. The van der Waals surface area contributed by atoms with Crippen LogP contribution in [0.2, 0.25) is 0 Å². The van der Waals surface area contributed by atoms with Crippen molar-refractivity contribution >= 4 is 11.9 Å². The molecule has 0 aliphatic carbocycles. The van der Waals surface area contributed by atoms with E-state index in [0.29, 0.717) is 37.9 Å². The highest BCUT2D eigenvalue weighted by atomic mass is 16.5. The molecule has 2 rings (SSSR count). The minimum absolute atomic E-state index is 0.0145. The predicted octanol–water partition coefficient (Wildman–Crippen LogP) is 12.8. The number of ether oxygens (including phenoxy) is 3. The predicted molar refractivity (Wildman–Crippen MR) is 219 cm³/mol. The third-order valence-corrected chi connectivity index (χ3v) is 12.1. The van der Waals surface area contributed by atoms with E-state index in [1.165, 1.54) is 161 Å². The van der Waals surface area contributed by atoms with Crippen LogP contribution in [0.25, 0.3) is 0 Å². The molecule has 306 valence electrons. The normalized spacial score (nSPS) is 26.3. The van der Waals surface area contributed by atoms with Crippen molar-refractivity contribution in [1.29, 1.82) is 0 Å². The smallest absolute Gasteiger partial charge is 0.305 e. The van der Waals surface area contributed by atoms with Crippen molar-refractivity contribution in [3.8, 4) is 0 Å². The number of esters is 2. The number of carbonyl (C=O) groups excluding carboxylic acids is 2. The van der Waals surface area contributed by atoms with Gasteiger partial charge in [-0.2, -0.15) is 0 Å². The van der Waals surface area contributed by atoms with Crippen LogP contribution in [0.4, 0.5) is 0 Å². The summed E-state index contributed by atoms with van der Waals surface area (Å²) < 4.78 is 17.0. The number of rotatable bonds is 8. The Morgan fingerprint density at radius 3 is 1.23 bits per heavy atom. The van der Waals surface area contributed by atoms with Crippen molar-refractivity contribution < 1.29 is 23.8 Å². The molecule has 0 aromatic heterocycles. The highest BCUT2D eigenvalue weighted by molar-refractivity contribution is 5.69. The molecule has 6 heteroatoms. The van der Waals surface area contributed by atoms with Gasteiger partial charge in [-0.15, -0.1) is 0 Å². The Morgan fingerprint density at radius 2 is 0.827 bits per heavy atom. The molecular weight excluding hydrogens is 647 g/mol. The fourth-order valence-corrected chi connectivity index (χ4v) is 8.54. The number of morpholine rings is 1. The largest absolute Gasteiger partial charge is 0.466 e. The molecular formula is C46H87NO5. The lowest BCUT2D eigenvalue weighted by molar-refractivity contribution is -0.145. The zero-order valence-electron chi connectivity index (χ0n) is 34.8. The molecule has 0 spiro atoms. The fraction of sp³-hybridized carbons (Fsp3) is 0.957. The second kappa shape index (κ2) is 34.4. The molecule has 0 saturated carbocycles. The third-order valence-electron chi connectivity index (χ3n) is 12.1. The topological polar surface area (TPSA) is 65.1 Å². The molecule has 2 unspecified atom stereocenters. The van der Waals surface area contributed by atoms with Gasteiger partial charge in [-0.1, -0.05) is 168 Å². The standard InChI is InChI=1S/C46H87NO5/c1-3-5-25-42-27-19-17-18-20-28-43(26-6-4-2)34-38-52-46(49)32-24-16-12-8-10-14-22-30-44(41-47-35-39-50-40-36-47)29-21-13-9-7-11-15-23-31-45(48)51-37-33-42/h42-44H,3-41H2,1-2H3. The van der Waals surface area contributed by atoms with Gasteiger partial charge in [0.2, 0.25) is 0 Å². The molecule has 0 aromatic carbocycles. The van der Waals surface area contributed by atoms with Gasteiger partial charge < -0.3 is 14.2 Å². The Kier molecular flexibility index (Phi) is 31.1. The quantitative estimate of drug-likeness (QED) is 0.231. The summed E-state index contributed by atoms with van der Waals surface area (Å²) in [7, 11) is 0. The van der Waals surface area contributed by atoms with Crippen LogP contribution in [-0.4, -0.2) is 62.9 Å². The fourth-order valence-electron chi connectivity index (χ4n) is 8.54. The SMILES string of the molecule is CCCCC1CCCCCCC(CCCC)CCOC(=O)CCCCCCCCCC(CN2CCOCC2)CCCCCCCCCC(=O)OCC1. The number of hydrogen-bond donors (Lipinski definition) is 0. The first kappa shape index (κ1) is 47.0. The van der Waals surface area contributed by atoms with E-state index >= 15 is 0 Å². The average Bonchev–Trinajstić information content (AvgIpc) is 3.15. The Labute approximate surface area is 323 Å². The molecule has 0 radical (unpaired) electrons. The molecule has 52 heavy (non-hydrogen) atoms. The van der Waals surface area contributed by atoms with Gasteiger partial charge in [-0.25, -0.2) is 0 Å². The zero-order chi connectivity index (χ0) is 37.2. The molecule has 0 amide bonds. The van der Waals surface area contributed by atoms with E-state index in [9.17, 15) is 9.59 Å². The van der Waals surface area contributed by atoms with Gasteiger partial charge in [-0.3, -0.25) is 14.5 Å². The number of cyclic esters (lactones) is 2. The monoisotopic (exact) mass is 734 g/mol. The van der Waals surface area contributed by atoms with Crippen molar-refractivity contribution in [2.75, 3.05) is 46.1 Å². The average molecular weight is 734 g/mol. The van der Waals surface area contributed by atoms with E-state index in [-0.39, 0.29) is 11.9 Å². The Hall–Kier alpha value is -1.14. The van der Waals surface area contributed by atoms with Crippen molar-refractivity contribution in [2.24, 2.45) is 17.8 Å². The van der Waals surface area contributed by atoms with Crippen LogP contribution >= 0.6 is 0 Å². The lowest BCUT2D eigenvalue weighted by atomic mass is 9.90. The van der Waals surface area contributed by atoms with Gasteiger partial charge in [0.05, 0.1) is 26.4 Å². The molecule has 2 atom stereocenters. The van der Waals surface area contributed by atoms with Crippen LogP contribution in [0, 0.1) is 17.8 Å². The minimum Gasteiger partial charge on any atom is -0.466 e. The van der Waals surface area contributed by atoms with E-state index in [0.717, 1.165) is 70.7 Å². The third kappa shape index (κ3) is 27.4. The summed E-state index contributed by atoms with van der Waals surface area (Å²) in [6, 6.07) is 0. The summed E-state index contributed by atoms with van der Waals surface area (Å²) in [4.78, 5) is 27.6. The van der Waals surface area contributed by atoms with Gasteiger partial charge in [0.1, 0.15) is 0 Å². The molecule has 0 bridgehead atoms. The number of nitrogens with zero attached hydrogens (tertiary/aromatic N) is 1. The molecule has 0 N–H and O–H groups in total. The van der Waals surface area contributed by atoms with E-state index in [1.54, 1.807) is 0 Å². The van der Waals surface area contributed by atoms with Gasteiger partial charge in [-0.05, 0) is 56.3 Å². The van der Waals surface area contributed by atoms with Gasteiger partial charge in [0.25, 0.3) is 0 Å². The highest BCUT2D eigenvalue weighted by Gasteiger charge is 2.17. The van der Waals surface area contributed by atoms with E-state index in [2.05, 4.69) is 18.7 Å². The number of carbonyl (C=O) groups is 2. The van der Waals surface area contributed by atoms with Crippen LogP contribution in [0.5, 0.6) is 0 Å². The summed E-state index contributed by atoms with van der Waals surface area (Å²) in [6.07, 6.45) is 38.6. The van der Waals surface area contributed by atoms with E-state index in [4.69, 9.17) is 14.2 Å². The van der Waals surface area contributed by atoms with Gasteiger partial charge in [0.15, 0.2) is 0 Å². The lowest BCUT2D eigenvalue weighted by Gasteiger charge is -2.30. The first-order valence-corrected chi connectivity index (χ1v) is 23.2. The summed E-state index contributed by atoms with van der Waals surface area (Å²) in [5.74, 6) is 2.20. The Bertz CT molecular complexity index is 759. The molecule has 2 aliphatic rings. The van der Waals surface area contributed by atoms with Crippen molar-refractivity contribution in [1.82, 2.24) is 4.90 Å². The van der Waals surface area contributed by atoms with Crippen LogP contribution in [0.15, 0.2) is 0 Å². The van der Waals surface area contributed by atoms with Crippen LogP contribution in [0.3, 0.4) is 0 Å². The van der Waals surface area contributed by atoms with E-state index < -0.39 is 0 Å². The van der Waals surface area contributed by atoms with Crippen LogP contribution in [-0.2, 0) is 23.8 Å². The Morgan fingerprint density at radius 1 is 0.462 bits per heavy atom. The maximum absolute atomic E-state index is 12.5. The first-order chi connectivity index (χ1) is 25.6. The molecule has 2 fully saturated rings. The molecule has 0 aromatic rings. The summed E-state index contributed by atoms with van der Waals surface area (Å²) in [5, 5.41) is 0. The van der Waals surface area contributed by atoms with Gasteiger partial charge in [0, 0.05) is 32.5 Å². The molecule has 2 heterocycles. The lowest BCUT2D eigenvalue weighted by Crippen LogP contribution is -2.39. The second-order valence-corrected chi connectivity index (χ2v) is 16.8. The van der Waals surface area contributed by atoms with E-state index in [1.807, 2.05) is 0 Å². The van der Waals surface area contributed by atoms with Gasteiger partial charge >= 0.3 is 11.9 Å². The summed E-state index contributed by atoms with van der Waals surface area (Å²) in [6.45, 7) is 11.0. The van der Waals surface area contributed by atoms with Crippen LogP contribution in [0.1, 0.15) is 219 Å². The minimum atomic E-state index is 0.0145. The molecule has 2 saturated heterocycles. The van der Waals surface area contributed by atoms with Crippen molar-refractivity contribution in [2.45, 2.75) is 219 Å². The van der Waals surface area contributed by atoms with Crippen molar-refractivity contribution in [3.63, 3.8) is 0 Å². The Balaban J connectivity index is 1.80. The molecule has 2 aliphatic heterocycles. The maximum Gasteiger partial charge on any atom is 0.305 e. The first-order valence-electron chi connectivity index (χ1n) is 23.2. The van der Waals surface area contributed by atoms with Crippen molar-refractivity contribution in [3.05, 3.63) is 0 Å². The molecule has 6 nitrogen and oxygen atoms in total. The number of unbranched alkanes of at least 4 members (excludes halogenated alkanes) is 2. The highest BCUT2D eigenvalue weighted by Crippen LogP contribution is 2.25. The van der Waals surface area contributed by atoms with Crippen LogP contribution < -0.4 is 0 Å². The maximum atomic E-state index is 12.5. The summed E-state index contributed by atoms with van der Waals surface area (Å²) in [5.41, 5.74) is 0. The second-order valence-electron chi connectivity index (χ2n) is 16.8. The zero-order valence-corrected chi connectivity index (χ0v) is 34.8. The number of hydrogen-bond acceptors (Lipinski definition) is 6.